The van der Waals surface area contributed by atoms with Crippen molar-refractivity contribution in [3.8, 4) is 0 Å². The summed E-state index contributed by atoms with van der Waals surface area (Å²) in [6.45, 7) is 2.81. The normalized spacial score (nSPS) is 28.6. The van der Waals surface area contributed by atoms with Gasteiger partial charge in [-0.1, -0.05) is 50.8 Å². The highest BCUT2D eigenvalue weighted by molar-refractivity contribution is 6.21. The summed E-state index contributed by atoms with van der Waals surface area (Å²) in [7, 11) is 0. The Morgan fingerprint density at radius 1 is 0.927 bits per heavy atom. The number of piperidine rings is 2. The maximum atomic E-state index is 15.9. The molecule has 4 fully saturated rings. The van der Waals surface area contributed by atoms with Crippen LogP contribution in [-0.2, 0) is 41.6 Å². The van der Waals surface area contributed by atoms with Gasteiger partial charge in [-0.05, 0) is 69.7 Å². The van der Waals surface area contributed by atoms with Gasteiger partial charge in [0.25, 0.3) is 5.91 Å². The number of rotatable bonds is 10. The molecule has 294 valence electrons. The number of ketones is 1. The third kappa shape index (κ3) is 7.68. The van der Waals surface area contributed by atoms with Crippen LogP contribution in [0.2, 0.25) is 1.41 Å². The molecule has 2 aromatic heterocycles. The number of Topliss-reactive ketones (excluding diaryl/α,β-unsaturated/α-hetero) is 1. The van der Waals surface area contributed by atoms with Gasteiger partial charge in [0.15, 0.2) is 11.3 Å². The first kappa shape index (κ1) is 37.1. The monoisotopic (exact) mass is 756 g/mol. The van der Waals surface area contributed by atoms with Crippen molar-refractivity contribution in [3.05, 3.63) is 54.2 Å². The zero-order valence-corrected chi connectivity index (χ0v) is 31.5. The Morgan fingerprint density at radius 3 is 2.45 bits per heavy atom. The van der Waals surface area contributed by atoms with Gasteiger partial charge >= 0.3 is 0 Å². The lowest BCUT2D eigenvalue weighted by Crippen LogP contribution is -2.75. The fourth-order valence-electron chi connectivity index (χ4n) is 8.81. The van der Waals surface area contributed by atoms with E-state index in [4.69, 9.17) is 1.41 Å². The number of fused-ring (bicyclic) bond motifs is 2. The first-order valence-electron chi connectivity index (χ1n) is 20.4. The summed E-state index contributed by atoms with van der Waals surface area (Å²) in [6.07, 6.45) is 9.63. The number of amides is 5. The standard InChI is InChI=1S/C40H53N9O6/c1-2-3-12-29-34(50)40(21-26-23-41-24-45-26,49(37(53)30-14-6-8-17-42-30)38(54)31-15-7-9-18-43-31)39(55)48-19-10-16-33(48)36(52)47-32(35(51)46-29)20-25-22-44-28-13-5-4-11-27(25)28/h4-5,11,13,22-24,29-33,42-44H,2-3,6-10,12,14-21H2,1H3,(H,41,45)(H,46,51)(H,47,52)/t29-,30-,31+,32+,33-,40+/m0/s1/i/hD. The lowest BCUT2D eigenvalue weighted by Gasteiger charge is -2.46. The molecular weight excluding hydrogens is 702 g/mol. The molecule has 0 unspecified atom stereocenters. The van der Waals surface area contributed by atoms with Crippen molar-refractivity contribution >= 4 is 46.2 Å². The van der Waals surface area contributed by atoms with Gasteiger partial charge in [0.1, 0.15) is 13.5 Å². The molecule has 5 amide bonds. The Hall–Kier alpha value is -4.89. The van der Waals surface area contributed by atoms with Gasteiger partial charge in [-0.2, -0.15) is 0 Å². The van der Waals surface area contributed by atoms with Gasteiger partial charge in [-0.15, -0.1) is 0 Å². The molecule has 7 rings (SSSR count). The minimum absolute atomic E-state index is 0.0922. The number of unbranched alkanes of at least 4 members (excludes halogenated alkanes) is 1. The molecule has 0 bridgehead atoms. The second-order valence-electron chi connectivity index (χ2n) is 15.4. The Morgan fingerprint density at radius 2 is 1.69 bits per heavy atom. The summed E-state index contributed by atoms with van der Waals surface area (Å²) < 4.78 is 8.79. The lowest BCUT2D eigenvalue weighted by atomic mass is 9.78. The number of aromatic nitrogens is 3. The SMILES string of the molecule is [2H]N1CCCC[C@H]1C(=O)N(C(=O)[C@H]1CCCCN1)[C@]1(Cc2cnc[nH]2)C(=O)[C@H](CCCC)NC(=O)[C@@H](Cc2c[nH]c3ccccc23)NC(=O)[C@@H]2CCCN2C1=O. The number of imide groups is 1. The molecular formula is C40H53N9O6. The predicted octanol–water partition coefficient (Wildman–Crippen LogP) is 1.79. The molecule has 4 aliphatic heterocycles. The molecule has 3 aromatic rings. The van der Waals surface area contributed by atoms with Crippen LogP contribution in [0.25, 0.3) is 10.9 Å². The molecule has 4 aliphatic rings. The Kier molecular flexibility index (Phi) is 11.4. The second kappa shape index (κ2) is 16.9. The average molecular weight is 757 g/mol. The van der Waals surface area contributed by atoms with E-state index in [2.05, 4.69) is 30.9 Å². The number of nitrogens with zero attached hydrogens (tertiary/aromatic N) is 3. The fraction of sp³-hybridized carbons (Fsp3) is 0.575. The molecule has 15 heteroatoms. The Bertz CT molecular complexity index is 1930. The zero-order chi connectivity index (χ0) is 39.4. The predicted molar refractivity (Wildman–Crippen MR) is 203 cm³/mol. The summed E-state index contributed by atoms with van der Waals surface area (Å²) >= 11 is 0. The van der Waals surface area contributed by atoms with E-state index in [0.29, 0.717) is 57.2 Å². The summed E-state index contributed by atoms with van der Waals surface area (Å²) in [5.41, 5.74) is -0.573. The van der Waals surface area contributed by atoms with E-state index in [1.807, 2.05) is 31.2 Å². The lowest BCUT2D eigenvalue weighted by molar-refractivity contribution is -0.171. The number of H-pyrrole nitrogens is 2. The number of para-hydroxylation sites is 1. The van der Waals surface area contributed by atoms with E-state index in [0.717, 1.165) is 33.1 Å². The van der Waals surface area contributed by atoms with Crippen LogP contribution in [0, 0.1) is 0 Å². The van der Waals surface area contributed by atoms with Gasteiger partial charge in [-0.25, -0.2) is 4.98 Å². The number of nitrogens with one attached hydrogen (secondary N) is 6. The highest BCUT2D eigenvalue weighted by Gasteiger charge is 2.61. The maximum Gasteiger partial charge on any atom is 0.257 e. The van der Waals surface area contributed by atoms with Crippen LogP contribution < -0.4 is 21.3 Å². The molecule has 15 nitrogen and oxygen atoms in total. The maximum absolute atomic E-state index is 15.9. The summed E-state index contributed by atoms with van der Waals surface area (Å²) in [6, 6.07) is 2.14. The number of carbonyl (C=O) groups is 6. The van der Waals surface area contributed by atoms with E-state index in [-0.39, 0.29) is 38.8 Å². The van der Waals surface area contributed by atoms with E-state index in [9.17, 15) is 9.59 Å². The smallest absolute Gasteiger partial charge is 0.257 e. The summed E-state index contributed by atoms with van der Waals surface area (Å²) in [5.74, 6) is -4.39. The molecule has 4 saturated heterocycles. The zero-order valence-electron chi connectivity index (χ0n) is 32.5. The summed E-state index contributed by atoms with van der Waals surface area (Å²) in [5, 5.41) is 11.1. The Labute approximate surface area is 322 Å². The van der Waals surface area contributed by atoms with Gasteiger partial charge in [-0.3, -0.25) is 33.7 Å². The highest BCUT2D eigenvalue weighted by atomic mass is 16.2. The van der Waals surface area contributed by atoms with Crippen molar-refractivity contribution in [1.82, 2.24) is 46.0 Å². The van der Waals surface area contributed by atoms with Crippen LogP contribution in [0.1, 0.15) is 88.8 Å². The molecule has 0 aliphatic carbocycles. The van der Waals surface area contributed by atoms with Crippen LogP contribution >= 0.6 is 0 Å². The number of aromatic amines is 2. The number of hydrogen-bond donors (Lipinski definition) is 6. The molecule has 0 saturated carbocycles. The van der Waals surface area contributed by atoms with E-state index in [1.54, 1.807) is 6.20 Å². The number of hydrogen-bond acceptors (Lipinski definition) is 9. The molecule has 0 radical (unpaired) electrons. The van der Waals surface area contributed by atoms with Crippen molar-refractivity contribution in [2.24, 2.45) is 0 Å². The first-order chi connectivity index (χ1) is 27.1. The van der Waals surface area contributed by atoms with Gasteiger partial charge in [0.05, 0.1) is 24.5 Å². The van der Waals surface area contributed by atoms with Crippen LogP contribution in [-0.4, -0.2) is 115 Å². The highest BCUT2D eigenvalue weighted by Crippen LogP contribution is 2.35. The van der Waals surface area contributed by atoms with E-state index in [1.165, 1.54) is 17.4 Å². The molecule has 6 N–H and O–H groups in total. The second-order valence-corrected chi connectivity index (χ2v) is 15.4. The largest absolute Gasteiger partial charge is 0.361 e. The number of benzene rings is 1. The molecule has 6 heterocycles. The molecule has 1 aromatic carbocycles. The van der Waals surface area contributed by atoms with E-state index >= 15 is 19.2 Å². The fourth-order valence-corrected chi connectivity index (χ4v) is 8.81. The van der Waals surface area contributed by atoms with Gasteiger partial charge in [0.2, 0.25) is 23.6 Å². The first-order valence-corrected chi connectivity index (χ1v) is 20.0. The van der Waals surface area contributed by atoms with Crippen molar-refractivity contribution < 1.29 is 30.2 Å². The van der Waals surface area contributed by atoms with Gasteiger partial charge < -0.3 is 36.1 Å². The van der Waals surface area contributed by atoms with Gasteiger partial charge in [0, 0.05) is 48.4 Å². The Balaban J connectivity index is 1.41. The third-order valence-electron chi connectivity index (χ3n) is 11.7. The van der Waals surface area contributed by atoms with Crippen molar-refractivity contribution in [1.29, 1.82) is 0 Å². The number of carbonyl (C=O) groups excluding carboxylic acids is 6. The quantitative estimate of drug-likeness (QED) is 0.132. The summed E-state index contributed by atoms with van der Waals surface area (Å²) in [4.78, 5) is 104. The van der Waals surface area contributed by atoms with E-state index < -0.39 is 77.5 Å². The molecule has 0 spiro atoms. The van der Waals surface area contributed by atoms with Crippen molar-refractivity contribution in [2.75, 3.05) is 19.6 Å². The van der Waals surface area contributed by atoms with Crippen LogP contribution in [0.15, 0.2) is 43.0 Å². The van der Waals surface area contributed by atoms with Crippen molar-refractivity contribution in [3.63, 3.8) is 0 Å². The molecule has 6 atom stereocenters. The van der Waals surface area contributed by atoms with Crippen LogP contribution in [0.3, 0.4) is 0 Å². The third-order valence-corrected chi connectivity index (χ3v) is 11.7. The van der Waals surface area contributed by atoms with Crippen molar-refractivity contribution in [2.45, 2.75) is 126 Å². The average Bonchev–Trinajstić information content (AvgIpc) is 4.01. The van der Waals surface area contributed by atoms with Crippen LogP contribution in [0.5, 0.6) is 0 Å². The molecule has 55 heavy (non-hydrogen) atoms. The number of imidazole rings is 1. The minimum atomic E-state index is -2.54. The topological polar surface area (TPSA) is 201 Å². The minimum Gasteiger partial charge on any atom is -0.361 e. The van der Waals surface area contributed by atoms with Crippen LogP contribution in [0.4, 0.5) is 0 Å².